The van der Waals surface area contributed by atoms with E-state index < -0.39 is 10.8 Å². The number of aromatic nitrogens is 1. The van der Waals surface area contributed by atoms with E-state index in [1.54, 1.807) is 11.8 Å². The zero-order chi connectivity index (χ0) is 15.5. The number of carbonyl (C=O) groups excluding carboxylic acids is 1. The van der Waals surface area contributed by atoms with Gasteiger partial charge >= 0.3 is 0 Å². The van der Waals surface area contributed by atoms with E-state index >= 15 is 0 Å². The number of amides is 1. The summed E-state index contributed by atoms with van der Waals surface area (Å²) in [6, 6.07) is 1.23. The fraction of sp³-hybridized carbons (Fsp3) is 0.538. The number of nitro groups is 1. The molecule has 0 radical (unpaired) electrons. The number of carbonyl (C=O) groups is 1. The second-order valence-corrected chi connectivity index (χ2v) is 6.72. The lowest BCUT2D eigenvalue weighted by molar-refractivity contribution is -0.385. The van der Waals surface area contributed by atoms with Gasteiger partial charge in [0.15, 0.2) is 0 Å². The van der Waals surface area contributed by atoms with Crippen LogP contribution >= 0.6 is 23.4 Å². The SMILES string of the molecule is CSC1(CNC(=O)c2cc(Cl)ncc2[N+](=O)[O-])CCCC1. The minimum absolute atomic E-state index is 0.0429. The van der Waals surface area contributed by atoms with Crippen molar-refractivity contribution in [3.8, 4) is 0 Å². The van der Waals surface area contributed by atoms with Crippen LogP contribution in [0, 0.1) is 10.1 Å². The number of pyridine rings is 1. The molecule has 0 atom stereocenters. The number of rotatable bonds is 5. The number of hydrogen-bond donors (Lipinski definition) is 1. The monoisotopic (exact) mass is 329 g/mol. The number of hydrogen-bond acceptors (Lipinski definition) is 5. The third-order valence-corrected chi connectivity index (χ3v) is 5.44. The zero-order valence-electron chi connectivity index (χ0n) is 11.6. The molecule has 0 bridgehead atoms. The summed E-state index contributed by atoms with van der Waals surface area (Å²) in [6.07, 6.45) is 7.44. The fourth-order valence-corrected chi connectivity index (χ4v) is 3.63. The average molecular weight is 330 g/mol. The van der Waals surface area contributed by atoms with Crippen LogP contribution in [0.2, 0.25) is 5.15 Å². The van der Waals surface area contributed by atoms with Crippen molar-refractivity contribution in [2.24, 2.45) is 0 Å². The van der Waals surface area contributed by atoms with Crippen LogP contribution in [0.3, 0.4) is 0 Å². The van der Waals surface area contributed by atoms with Gasteiger partial charge in [0.1, 0.15) is 16.9 Å². The number of thioether (sulfide) groups is 1. The second kappa shape index (κ2) is 6.62. The van der Waals surface area contributed by atoms with Gasteiger partial charge < -0.3 is 5.32 Å². The van der Waals surface area contributed by atoms with Crippen LogP contribution in [0.15, 0.2) is 12.3 Å². The third-order valence-electron chi connectivity index (χ3n) is 3.81. The van der Waals surface area contributed by atoms with Crippen LogP contribution in [0.1, 0.15) is 36.0 Å². The molecule has 0 saturated heterocycles. The first-order valence-electron chi connectivity index (χ1n) is 6.61. The van der Waals surface area contributed by atoms with E-state index in [0.29, 0.717) is 6.54 Å². The van der Waals surface area contributed by atoms with E-state index in [4.69, 9.17) is 11.6 Å². The van der Waals surface area contributed by atoms with E-state index in [9.17, 15) is 14.9 Å². The molecule has 1 fully saturated rings. The highest BCUT2D eigenvalue weighted by atomic mass is 35.5. The first-order valence-corrected chi connectivity index (χ1v) is 8.21. The fourth-order valence-electron chi connectivity index (χ4n) is 2.56. The lowest BCUT2D eigenvalue weighted by Crippen LogP contribution is -2.38. The van der Waals surface area contributed by atoms with Crippen molar-refractivity contribution in [1.29, 1.82) is 0 Å². The highest BCUT2D eigenvalue weighted by Gasteiger charge is 2.34. The molecule has 8 heteroatoms. The molecular formula is C13H16ClN3O3S. The Morgan fingerprint density at radius 1 is 1.57 bits per heavy atom. The summed E-state index contributed by atoms with van der Waals surface area (Å²) >= 11 is 7.47. The van der Waals surface area contributed by atoms with Gasteiger partial charge in [-0.05, 0) is 25.2 Å². The van der Waals surface area contributed by atoms with Gasteiger partial charge in [-0.3, -0.25) is 14.9 Å². The molecule has 1 heterocycles. The van der Waals surface area contributed by atoms with E-state index in [1.807, 2.05) is 6.26 Å². The Kier molecular flexibility index (Phi) is 5.05. The molecular weight excluding hydrogens is 314 g/mol. The van der Waals surface area contributed by atoms with Crippen LogP contribution in [0.25, 0.3) is 0 Å². The summed E-state index contributed by atoms with van der Waals surface area (Å²) in [7, 11) is 0. The topological polar surface area (TPSA) is 85.1 Å². The Morgan fingerprint density at radius 2 is 2.24 bits per heavy atom. The van der Waals surface area contributed by atoms with Gasteiger partial charge in [-0.2, -0.15) is 11.8 Å². The van der Waals surface area contributed by atoms with Gasteiger partial charge in [0.25, 0.3) is 11.6 Å². The van der Waals surface area contributed by atoms with E-state index in [-0.39, 0.29) is 21.2 Å². The van der Waals surface area contributed by atoms with E-state index in [1.165, 1.54) is 6.07 Å². The van der Waals surface area contributed by atoms with Crippen LogP contribution in [-0.4, -0.2) is 33.4 Å². The molecule has 1 aromatic rings. The Morgan fingerprint density at radius 3 is 2.81 bits per heavy atom. The normalized spacial score (nSPS) is 16.7. The summed E-state index contributed by atoms with van der Waals surface area (Å²) in [6.45, 7) is 0.504. The maximum absolute atomic E-state index is 12.2. The Balaban J connectivity index is 2.13. The molecule has 21 heavy (non-hydrogen) atoms. The largest absolute Gasteiger partial charge is 0.350 e. The molecule has 0 aromatic carbocycles. The molecule has 0 unspecified atom stereocenters. The average Bonchev–Trinajstić information content (AvgIpc) is 2.94. The van der Waals surface area contributed by atoms with Crippen molar-refractivity contribution in [2.75, 3.05) is 12.8 Å². The zero-order valence-corrected chi connectivity index (χ0v) is 13.2. The first-order chi connectivity index (χ1) is 9.97. The lowest BCUT2D eigenvalue weighted by atomic mass is 10.1. The van der Waals surface area contributed by atoms with Gasteiger partial charge in [0, 0.05) is 11.3 Å². The summed E-state index contributed by atoms with van der Waals surface area (Å²) in [5, 5.41) is 13.8. The molecule has 1 aromatic heterocycles. The van der Waals surface area contributed by atoms with Gasteiger partial charge in [0.2, 0.25) is 0 Å². The number of nitrogens with one attached hydrogen (secondary N) is 1. The Bertz CT molecular complexity index is 562. The Labute approximate surface area is 131 Å². The smallest absolute Gasteiger partial charge is 0.300 e. The highest BCUT2D eigenvalue weighted by Crippen LogP contribution is 2.39. The highest BCUT2D eigenvalue weighted by molar-refractivity contribution is 8.00. The van der Waals surface area contributed by atoms with Gasteiger partial charge in [-0.15, -0.1) is 0 Å². The van der Waals surface area contributed by atoms with E-state index in [2.05, 4.69) is 10.3 Å². The summed E-state index contributed by atoms with van der Waals surface area (Å²) in [5.41, 5.74) is -0.379. The van der Waals surface area contributed by atoms with Crippen LogP contribution in [0.4, 0.5) is 5.69 Å². The lowest BCUT2D eigenvalue weighted by Gasteiger charge is -2.26. The van der Waals surface area contributed by atoms with Crippen molar-refractivity contribution >= 4 is 35.0 Å². The van der Waals surface area contributed by atoms with Gasteiger partial charge in [-0.1, -0.05) is 24.4 Å². The molecule has 1 aliphatic rings. The van der Waals surface area contributed by atoms with Crippen LogP contribution in [0.5, 0.6) is 0 Å². The molecule has 0 spiro atoms. The van der Waals surface area contributed by atoms with Crippen molar-refractivity contribution in [1.82, 2.24) is 10.3 Å². The van der Waals surface area contributed by atoms with E-state index in [0.717, 1.165) is 31.9 Å². The van der Waals surface area contributed by atoms with Gasteiger partial charge in [-0.25, -0.2) is 4.98 Å². The van der Waals surface area contributed by atoms with Crippen LogP contribution in [-0.2, 0) is 0 Å². The summed E-state index contributed by atoms with van der Waals surface area (Å²) < 4.78 is 0.0429. The van der Waals surface area contributed by atoms with Crippen molar-refractivity contribution in [2.45, 2.75) is 30.4 Å². The molecule has 6 nitrogen and oxygen atoms in total. The minimum atomic E-state index is -0.627. The van der Waals surface area contributed by atoms with Crippen molar-refractivity contribution in [3.63, 3.8) is 0 Å². The molecule has 1 saturated carbocycles. The molecule has 1 N–H and O–H groups in total. The maximum Gasteiger partial charge on any atom is 0.300 e. The van der Waals surface area contributed by atoms with Crippen molar-refractivity contribution in [3.05, 3.63) is 33.1 Å². The predicted molar refractivity (Wildman–Crippen MR) is 82.9 cm³/mol. The Hall–Kier alpha value is -1.34. The molecule has 114 valence electrons. The quantitative estimate of drug-likeness (QED) is 0.510. The summed E-state index contributed by atoms with van der Waals surface area (Å²) in [4.78, 5) is 26.2. The van der Waals surface area contributed by atoms with Crippen molar-refractivity contribution < 1.29 is 9.72 Å². The second-order valence-electron chi connectivity index (χ2n) is 5.06. The van der Waals surface area contributed by atoms with Gasteiger partial charge in [0.05, 0.1) is 4.92 Å². The predicted octanol–water partition coefficient (Wildman–Crippen LogP) is 3.05. The molecule has 2 rings (SSSR count). The maximum atomic E-state index is 12.2. The minimum Gasteiger partial charge on any atom is -0.350 e. The third kappa shape index (κ3) is 3.65. The molecule has 1 aliphatic carbocycles. The standard InChI is InChI=1S/C13H16ClN3O3S/c1-21-13(4-2-3-5-13)8-16-12(18)9-6-11(14)15-7-10(9)17(19)20/h6-7H,2-5,8H2,1H3,(H,16,18). The number of halogens is 1. The molecule has 1 amide bonds. The summed E-state index contributed by atoms with van der Waals surface area (Å²) in [5.74, 6) is -0.480. The van der Waals surface area contributed by atoms with Crippen LogP contribution < -0.4 is 5.32 Å². The molecule has 0 aliphatic heterocycles. The first kappa shape index (κ1) is 16.0. The number of nitrogens with zero attached hydrogens (tertiary/aromatic N) is 2.